The van der Waals surface area contributed by atoms with Crippen molar-refractivity contribution in [2.75, 3.05) is 13.2 Å². The fourth-order valence-electron chi connectivity index (χ4n) is 2.59. The first-order chi connectivity index (χ1) is 12.1. The maximum atomic E-state index is 11.9. The summed E-state index contributed by atoms with van der Waals surface area (Å²) in [5.74, 6) is 1.06. The predicted molar refractivity (Wildman–Crippen MR) is 97.9 cm³/mol. The van der Waals surface area contributed by atoms with E-state index in [2.05, 4.69) is 24.1 Å². The normalized spacial score (nSPS) is 11.0. The molecule has 0 unspecified atom stereocenters. The molecule has 3 rings (SSSR count). The number of carbonyl (C=O) groups excluding carboxylic acids is 1. The van der Waals surface area contributed by atoms with Crippen LogP contribution in [0.25, 0.3) is 5.65 Å². The van der Waals surface area contributed by atoms with Crippen LogP contribution in [0.4, 0.5) is 0 Å². The van der Waals surface area contributed by atoms with Gasteiger partial charge in [0.2, 0.25) is 0 Å². The molecule has 2 aromatic heterocycles. The molecule has 130 valence electrons. The summed E-state index contributed by atoms with van der Waals surface area (Å²) in [5.41, 5.74) is 3.12. The lowest BCUT2D eigenvalue weighted by atomic mass is 10.0. The first-order valence-corrected chi connectivity index (χ1v) is 8.54. The van der Waals surface area contributed by atoms with Crippen molar-refractivity contribution in [1.82, 2.24) is 14.7 Å². The minimum Gasteiger partial charge on any atom is -0.484 e. The fraction of sp³-hybridized carbons (Fsp3) is 0.300. The van der Waals surface area contributed by atoms with Crippen LogP contribution in [-0.2, 0) is 11.2 Å². The quantitative estimate of drug-likeness (QED) is 0.720. The van der Waals surface area contributed by atoms with E-state index in [0.29, 0.717) is 24.6 Å². The number of imidazole rings is 1. The van der Waals surface area contributed by atoms with E-state index >= 15 is 0 Å². The summed E-state index contributed by atoms with van der Waals surface area (Å²) in [5, 5.41) is 2.86. The van der Waals surface area contributed by atoms with Gasteiger partial charge >= 0.3 is 0 Å². The van der Waals surface area contributed by atoms with Crippen molar-refractivity contribution < 1.29 is 9.53 Å². The van der Waals surface area contributed by atoms with Crippen LogP contribution in [-0.4, -0.2) is 28.4 Å². The number of carbonyl (C=O) groups is 1. The topological polar surface area (TPSA) is 55.6 Å². The first kappa shape index (κ1) is 17.0. The molecule has 0 aliphatic rings. The third kappa shape index (κ3) is 4.59. The highest BCUT2D eigenvalue weighted by molar-refractivity contribution is 5.77. The number of hydrogen-bond acceptors (Lipinski definition) is 3. The molecule has 5 heteroatoms. The summed E-state index contributed by atoms with van der Waals surface area (Å²) < 4.78 is 7.49. The highest BCUT2D eigenvalue weighted by Crippen LogP contribution is 2.18. The maximum Gasteiger partial charge on any atom is 0.257 e. The van der Waals surface area contributed by atoms with Gasteiger partial charge in [0.15, 0.2) is 6.61 Å². The average Bonchev–Trinajstić information content (AvgIpc) is 3.03. The Bertz CT molecular complexity index is 805. The Kier molecular flexibility index (Phi) is 5.33. The maximum absolute atomic E-state index is 11.9. The highest BCUT2D eigenvalue weighted by Gasteiger charge is 2.05. The third-order valence-corrected chi connectivity index (χ3v) is 4.03. The van der Waals surface area contributed by atoms with Crippen molar-refractivity contribution in [1.29, 1.82) is 0 Å². The number of amides is 1. The molecule has 1 aromatic carbocycles. The molecule has 0 bridgehead atoms. The summed E-state index contributed by atoms with van der Waals surface area (Å²) in [7, 11) is 0. The standard InChI is InChI=1S/C20H23N3O2/c1-15(2)16-6-8-18(9-7-16)25-14-20(24)21-11-10-17-13-23-12-4-3-5-19(23)22-17/h3-9,12-13,15H,10-11,14H2,1-2H3,(H,21,24). The van der Waals surface area contributed by atoms with Gasteiger partial charge in [0.1, 0.15) is 11.4 Å². The van der Waals surface area contributed by atoms with Crippen molar-refractivity contribution in [3.05, 3.63) is 66.1 Å². The van der Waals surface area contributed by atoms with E-state index < -0.39 is 0 Å². The lowest BCUT2D eigenvalue weighted by Crippen LogP contribution is -2.30. The van der Waals surface area contributed by atoms with E-state index in [1.807, 2.05) is 59.3 Å². The minimum absolute atomic E-state index is 0.0200. The Morgan fingerprint density at radius 1 is 1.20 bits per heavy atom. The van der Waals surface area contributed by atoms with Gasteiger partial charge in [-0.25, -0.2) is 4.98 Å². The molecule has 0 atom stereocenters. The Labute approximate surface area is 147 Å². The Morgan fingerprint density at radius 2 is 2.00 bits per heavy atom. The molecule has 5 nitrogen and oxygen atoms in total. The van der Waals surface area contributed by atoms with Crippen molar-refractivity contribution in [3.63, 3.8) is 0 Å². The van der Waals surface area contributed by atoms with Gasteiger partial charge in [-0.3, -0.25) is 4.79 Å². The summed E-state index contributed by atoms with van der Waals surface area (Å²) in [6, 6.07) is 13.7. The van der Waals surface area contributed by atoms with Gasteiger partial charge in [-0.05, 0) is 35.7 Å². The number of fused-ring (bicyclic) bond motifs is 1. The van der Waals surface area contributed by atoms with Crippen molar-refractivity contribution >= 4 is 11.6 Å². The molecule has 0 saturated carbocycles. The van der Waals surface area contributed by atoms with Gasteiger partial charge in [-0.1, -0.05) is 32.0 Å². The van der Waals surface area contributed by atoms with Crippen molar-refractivity contribution in [2.24, 2.45) is 0 Å². The van der Waals surface area contributed by atoms with Gasteiger partial charge in [0.05, 0.1) is 5.69 Å². The Morgan fingerprint density at radius 3 is 2.72 bits per heavy atom. The second-order valence-electron chi connectivity index (χ2n) is 6.31. The Balaban J connectivity index is 1.42. The zero-order valence-corrected chi connectivity index (χ0v) is 14.6. The van der Waals surface area contributed by atoms with E-state index in [1.165, 1.54) is 5.56 Å². The zero-order chi connectivity index (χ0) is 17.6. The van der Waals surface area contributed by atoms with Crippen molar-refractivity contribution in [3.8, 4) is 5.75 Å². The summed E-state index contributed by atoms with van der Waals surface area (Å²) >= 11 is 0. The highest BCUT2D eigenvalue weighted by atomic mass is 16.5. The number of aromatic nitrogens is 2. The zero-order valence-electron chi connectivity index (χ0n) is 14.6. The largest absolute Gasteiger partial charge is 0.484 e. The number of benzene rings is 1. The summed E-state index contributed by atoms with van der Waals surface area (Å²) in [6.45, 7) is 4.85. The van der Waals surface area contributed by atoms with Crippen LogP contribution in [0, 0.1) is 0 Å². The minimum atomic E-state index is -0.128. The van der Waals surface area contributed by atoms with Crippen LogP contribution in [0.15, 0.2) is 54.9 Å². The smallest absolute Gasteiger partial charge is 0.257 e. The Hall–Kier alpha value is -2.82. The van der Waals surface area contributed by atoms with E-state index in [1.54, 1.807) is 0 Å². The number of pyridine rings is 1. The van der Waals surface area contributed by atoms with E-state index in [-0.39, 0.29) is 12.5 Å². The lowest BCUT2D eigenvalue weighted by Gasteiger charge is -2.09. The fourth-order valence-corrected chi connectivity index (χ4v) is 2.59. The molecule has 0 radical (unpaired) electrons. The average molecular weight is 337 g/mol. The molecule has 0 fully saturated rings. The molecule has 0 spiro atoms. The second kappa shape index (κ2) is 7.83. The molecule has 3 aromatic rings. The van der Waals surface area contributed by atoms with E-state index in [9.17, 15) is 4.79 Å². The van der Waals surface area contributed by atoms with Gasteiger partial charge in [0, 0.05) is 25.4 Å². The number of rotatable bonds is 7. The van der Waals surface area contributed by atoms with Gasteiger partial charge < -0.3 is 14.5 Å². The summed E-state index contributed by atoms with van der Waals surface area (Å²) in [4.78, 5) is 16.4. The van der Waals surface area contributed by atoms with Gasteiger partial charge in [-0.2, -0.15) is 0 Å². The molecular formula is C20H23N3O2. The van der Waals surface area contributed by atoms with Crippen molar-refractivity contribution in [2.45, 2.75) is 26.2 Å². The summed E-state index contributed by atoms with van der Waals surface area (Å²) in [6.07, 6.45) is 4.63. The molecule has 0 aliphatic heterocycles. The monoisotopic (exact) mass is 337 g/mol. The number of hydrogen-bond donors (Lipinski definition) is 1. The molecule has 1 N–H and O–H groups in total. The first-order valence-electron chi connectivity index (χ1n) is 8.54. The molecule has 2 heterocycles. The van der Waals surface area contributed by atoms with Gasteiger partial charge in [0.25, 0.3) is 5.91 Å². The van der Waals surface area contributed by atoms with Crippen LogP contribution < -0.4 is 10.1 Å². The van der Waals surface area contributed by atoms with Crippen LogP contribution in [0.3, 0.4) is 0 Å². The molecule has 0 saturated heterocycles. The third-order valence-electron chi connectivity index (χ3n) is 4.03. The number of nitrogens with zero attached hydrogens (tertiary/aromatic N) is 2. The SMILES string of the molecule is CC(C)c1ccc(OCC(=O)NCCc2cn3ccccc3n2)cc1. The van der Waals surface area contributed by atoms with Crippen LogP contribution in [0.5, 0.6) is 5.75 Å². The van der Waals surface area contributed by atoms with Crippen LogP contribution >= 0.6 is 0 Å². The number of ether oxygens (including phenoxy) is 1. The molecule has 1 amide bonds. The van der Waals surface area contributed by atoms with E-state index in [0.717, 1.165) is 11.3 Å². The van der Waals surface area contributed by atoms with Crippen LogP contribution in [0.1, 0.15) is 31.0 Å². The van der Waals surface area contributed by atoms with Gasteiger partial charge in [-0.15, -0.1) is 0 Å². The second-order valence-corrected chi connectivity index (χ2v) is 6.31. The predicted octanol–water partition coefficient (Wildman–Crippen LogP) is 3.20. The molecule has 0 aliphatic carbocycles. The molecular weight excluding hydrogens is 314 g/mol. The van der Waals surface area contributed by atoms with Crippen LogP contribution in [0.2, 0.25) is 0 Å². The lowest BCUT2D eigenvalue weighted by molar-refractivity contribution is -0.123. The van der Waals surface area contributed by atoms with E-state index in [4.69, 9.17) is 4.74 Å². The molecule has 25 heavy (non-hydrogen) atoms. The number of nitrogens with one attached hydrogen (secondary N) is 1.